The van der Waals surface area contributed by atoms with Crippen LogP contribution in [0.2, 0.25) is 0 Å². The molecular weight excluding hydrogens is 276 g/mol. The Morgan fingerprint density at radius 2 is 1.64 bits per heavy atom. The maximum atomic E-state index is 12.2. The molecule has 0 saturated carbocycles. The van der Waals surface area contributed by atoms with Gasteiger partial charge in [0.25, 0.3) is 5.91 Å². The molecule has 1 aromatic rings. The standard InChI is InChI=1S/C18H26N2O2/c1-14-8-9-16(12-15(14)2)18(22)19-13-17(21)20-10-6-4-3-5-7-11-20/h8-9,12H,3-7,10-11,13H2,1-2H3,(H,19,22). The van der Waals surface area contributed by atoms with E-state index in [4.69, 9.17) is 0 Å². The van der Waals surface area contributed by atoms with Gasteiger partial charge < -0.3 is 10.2 Å². The normalized spacial score (nSPS) is 15.8. The first-order valence-corrected chi connectivity index (χ1v) is 8.21. The lowest BCUT2D eigenvalue weighted by Gasteiger charge is -2.24. The first-order valence-electron chi connectivity index (χ1n) is 8.21. The molecule has 2 rings (SSSR count). The lowest BCUT2D eigenvalue weighted by molar-refractivity contribution is -0.130. The molecule has 22 heavy (non-hydrogen) atoms. The average molecular weight is 302 g/mol. The van der Waals surface area contributed by atoms with Gasteiger partial charge >= 0.3 is 0 Å². The van der Waals surface area contributed by atoms with Crippen LogP contribution in [0.5, 0.6) is 0 Å². The molecule has 0 aliphatic carbocycles. The Morgan fingerprint density at radius 1 is 1.00 bits per heavy atom. The third kappa shape index (κ3) is 4.58. The molecular formula is C18H26N2O2. The van der Waals surface area contributed by atoms with Crippen LogP contribution < -0.4 is 5.32 Å². The summed E-state index contributed by atoms with van der Waals surface area (Å²) in [6.45, 7) is 5.72. The van der Waals surface area contributed by atoms with Gasteiger partial charge in [-0.2, -0.15) is 0 Å². The summed E-state index contributed by atoms with van der Waals surface area (Å²) in [5, 5.41) is 2.75. The van der Waals surface area contributed by atoms with E-state index in [1.54, 1.807) is 6.07 Å². The molecule has 0 spiro atoms. The van der Waals surface area contributed by atoms with E-state index in [1.807, 2.05) is 30.9 Å². The fraction of sp³-hybridized carbons (Fsp3) is 0.556. The van der Waals surface area contributed by atoms with Gasteiger partial charge in [0.15, 0.2) is 0 Å². The van der Waals surface area contributed by atoms with Crippen molar-refractivity contribution in [3.8, 4) is 0 Å². The largest absolute Gasteiger partial charge is 0.343 e. The number of carbonyl (C=O) groups is 2. The van der Waals surface area contributed by atoms with Crippen LogP contribution in [0, 0.1) is 13.8 Å². The fourth-order valence-electron chi connectivity index (χ4n) is 2.75. The van der Waals surface area contributed by atoms with Gasteiger partial charge in [-0.05, 0) is 49.9 Å². The number of aryl methyl sites for hydroxylation is 2. The molecule has 0 bridgehead atoms. The summed E-state index contributed by atoms with van der Waals surface area (Å²) >= 11 is 0. The van der Waals surface area contributed by atoms with Crippen molar-refractivity contribution in [1.29, 1.82) is 0 Å². The van der Waals surface area contributed by atoms with E-state index in [0.29, 0.717) is 5.56 Å². The molecule has 1 N–H and O–H groups in total. The molecule has 4 heteroatoms. The van der Waals surface area contributed by atoms with E-state index in [1.165, 1.54) is 19.3 Å². The molecule has 0 radical (unpaired) electrons. The summed E-state index contributed by atoms with van der Waals surface area (Å²) in [5.41, 5.74) is 2.86. The molecule has 0 atom stereocenters. The second kappa shape index (κ2) is 7.97. The Morgan fingerprint density at radius 3 is 2.27 bits per heavy atom. The molecule has 0 unspecified atom stereocenters. The Kier molecular flexibility index (Phi) is 5.99. The maximum absolute atomic E-state index is 12.2. The molecule has 2 amide bonds. The van der Waals surface area contributed by atoms with E-state index in [9.17, 15) is 9.59 Å². The zero-order valence-electron chi connectivity index (χ0n) is 13.7. The van der Waals surface area contributed by atoms with Gasteiger partial charge in [-0.15, -0.1) is 0 Å². The van der Waals surface area contributed by atoms with Gasteiger partial charge in [-0.3, -0.25) is 9.59 Å². The fourth-order valence-corrected chi connectivity index (χ4v) is 2.75. The second-order valence-corrected chi connectivity index (χ2v) is 6.13. The number of nitrogens with zero attached hydrogens (tertiary/aromatic N) is 1. The molecule has 0 aromatic heterocycles. The molecule has 1 aliphatic heterocycles. The van der Waals surface area contributed by atoms with Gasteiger partial charge in [0.05, 0.1) is 6.54 Å². The number of carbonyl (C=O) groups excluding carboxylic acids is 2. The van der Waals surface area contributed by atoms with Crippen molar-refractivity contribution in [2.45, 2.75) is 46.0 Å². The van der Waals surface area contributed by atoms with Crippen molar-refractivity contribution in [2.75, 3.05) is 19.6 Å². The SMILES string of the molecule is Cc1ccc(C(=O)NCC(=O)N2CCCCCCC2)cc1C. The summed E-state index contributed by atoms with van der Waals surface area (Å²) in [4.78, 5) is 26.3. The second-order valence-electron chi connectivity index (χ2n) is 6.13. The number of likely N-dealkylation sites (tertiary alicyclic amines) is 1. The maximum Gasteiger partial charge on any atom is 0.251 e. The highest BCUT2D eigenvalue weighted by atomic mass is 16.2. The highest BCUT2D eigenvalue weighted by Crippen LogP contribution is 2.11. The number of hydrogen-bond donors (Lipinski definition) is 1. The van der Waals surface area contributed by atoms with Crippen molar-refractivity contribution in [3.63, 3.8) is 0 Å². The first kappa shape index (κ1) is 16.5. The Hall–Kier alpha value is -1.84. The van der Waals surface area contributed by atoms with Crippen LogP contribution >= 0.6 is 0 Å². The third-order valence-electron chi connectivity index (χ3n) is 4.38. The van der Waals surface area contributed by atoms with Crippen molar-refractivity contribution in [3.05, 3.63) is 34.9 Å². The van der Waals surface area contributed by atoms with Crippen LogP contribution in [0.4, 0.5) is 0 Å². The molecule has 1 aromatic carbocycles. The Labute approximate surface area is 132 Å². The van der Waals surface area contributed by atoms with E-state index in [0.717, 1.165) is 37.1 Å². The van der Waals surface area contributed by atoms with Crippen molar-refractivity contribution < 1.29 is 9.59 Å². The minimum Gasteiger partial charge on any atom is -0.343 e. The van der Waals surface area contributed by atoms with Crippen molar-refractivity contribution >= 4 is 11.8 Å². The quantitative estimate of drug-likeness (QED) is 0.933. The highest BCUT2D eigenvalue weighted by Gasteiger charge is 2.16. The molecule has 1 heterocycles. The Balaban J connectivity index is 1.86. The van der Waals surface area contributed by atoms with Crippen LogP contribution in [0.3, 0.4) is 0 Å². The summed E-state index contributed by atoms with van der Waals surface area (Å²) in [6, 6.07) is 5.61. The predicted molar refractivity (Wildman–Crippen MR) is 87.9 cm³/mol. The van der Waals surface area contributed by atoms with E-state index in [-0.39, 0.29) is 18.4 Å². The smallest absolute Gasteiger partial charge is 0.251 e. The van der Waals surface area contributed by atoms with E-state index < -0.39 is 0 Å². The summed E-state index contributed by atoms with van der Waals surface area (Å²) in [5.74, 6) is -0.150. The molecule has 1 fully saturated rings. The van der Waals surface area contributed by atoms with E-state index in [2.05, 4.69) is 5.32 Å². The number of benzene rings is 1. The van der Waals surface area contributed by atoms with E-state index >= 15 is 0 Å². The van der Waals surface area contributed by atoms with Gasteiger partial charge in [-0.25, -0.2) is 0 Å². The molecule has 4 nitrogen and oxygen atoms in total. The lowest BCUT2D eigenvalue weighted by atomic mass is 10.1. The zero-order chi connectivity index (χ0) is 15.9. The molecule has 1 aliphatic rings. The average Bonchev–Trinajstić information content (AvgIpc) is 2.47. The van der Waals surface area contributed by atoms with Crippen molar-refractivity contribution in [1.82, 2.24) is 10.2 Å². The zero-order valence-corrected chi connectivity index (χ0v) is 13.7. The van der Waals surface area contributed by atoms with Gasteiger partial charge in [-0.1, -0.05) is 25.3 Å². The third-order valence-corrected chi connectivity index (χ3v) is 4.38. The lowest BCUT2D eigenvalue weighted by Crippen LogP contribution is -2.41. The highest BCUT2D eigenvalue weighted by molar-refractivity contribution is 5.96. The first-order chi connectivity index (χ1) is 10.6. The van der Waals surface area contributed by atoms with Gasteiger partial charge in [0.1, 0.15) is 0 Å². The van der Waals surface area contributed by atoms with Crippen molar-refractivity contribution in [2.24, 2.45) is 0 Å². The summed E-state index contributed by atoms with van der Waals surface area (Å²) in [7, 11) is 0. The van der Waals surface area contributed by atoms with Crippen LogP contribution in [0.15, 0.2) is 18.2 Å². The number of nitrogens with one attached hydrogen (secondary N) is 1. The van der Waals surface area contributed by atoms with Gasteiger partial charge in [0.2, 0.25) is 5.91 Å². The molecule has 1 saturated heterocycles. The number of rotatable bonds is 3. The van der Waals surface area contributed by atoms with Crippen LogP contribution in [-0.2, 0) is 4.79 Å². The minimum atomic E-state index is -0.177. The monoisotopic (exact) mass is 302 g/mol. The van der Waals surface area contributed by atoms with Gasteiger partial charge in [0, 0.05) is 18.7 Å². The van der Waals surface area contributed by atoms with Crippen LogP contribution in [0.1, 0.15) is 53.6 Å². The number of amides is 2. The summed E-state index contributed by atoms with van der Waals surface area (Å²) in [6.07, 6.45) is 5.79. The minimum absolute atomic E-state index is 0.0269. The topological polar surface area (TPSA) is 49.4 Å². The predicted octanol–water partition coefficient (Wildman–Crippen LogP) is 2.83. The Bertz CT molecular complexity index is 532. The summed E-state index contributed by atoms with van der Waals surface area (Å²) < 4.78 is 0. The number of hydrogen-bond acceptors (Lipinski definition) is 2. The van der Waals surface area contributed by atoms with Crippen LogP contribution in [0.25, 0.3) is 0 Å². The van der Waals surface area contributed by atoms with Crippen LogP contribution in [-0.4, -0.2) is 36.3 Å². The molecule has 120 valence electrons.